The summed E-state index contributed by atoms with van der Waals surface area (Å²) in [4.78, 5) is 2.40. The lowest BCUT2D eigenvalue weighted by Gasteiger charge is -2.37. The summed E-state index contributed by atoms with van der Waals surface area (Å²) in [6.45, 7) is 7.06. The molecule has 1 saturated carbocycles. The quantitative estimate of drug-likeness (QED) is 0.803. The second-order valence-corrected chi connectivity index (χ2v) is 8.75. The summed E-state index contributed by atoms with van der Waals surface area (Å²) < 4.78 is 23.4. The minimum absolute atomic E-state index is 0.180. The highest BCUT2D eigenvalue weighted by Gasteiger charge is 2.32. The zero-order valence-electron chi connectivity index (χ0n) is 13.0. The molecule has 1 saturated heterocycles. The van der Waals surface area contributed by atoms with Gasteiger partial charge >= 0.3 is 0 Å². The highest BCUT2D eigenvalue weighted by molar-refractivity contribution is 7.91. The Morgan fingerprint density at radius 3 is 2.65 bits per heavy atom. The molecule has 2 aliphatic rings. The van der Waals surface area contributed by atoms with Crippen molar-refractivity contribution in [3.05, 3.63) is 0 Å². The fourth-order valence-electron chi connectivity index (χ4n) is 3.74. The Kier molecular flexibility index (Phi) is 5.87. The Bertz CT molecular complexity index is 397. The van der Waals surface area contributed by atoms with Crippen LogP contribution in [0.4, 0.5) is 0 Å². The predicted octanol–water partition coefficient (Wildman–Crippen LogP) is 1.66. The zero-order valence-corrected chi connectivity index (χ0v) is 13.8. The van der Waals surface area contributed by atoms with E-state index in [0.717, 1.165) is 19.6 Å². The molecule has 1 aliphatic carbocycles. The molecule has 0 aromatic rings. The van der Waals surface area contributed by atoms with Gasteiger partial charge in [-0.2, -0.15) is 0 Å². The van der Waals surface area contributed by atoms with Gasteiger partial charge in [0.25, 0.3) is 0 Å². The van der Waals surface area contributed by atoms with Crippen LogP contribution in [0, 0.1) is 5.92 Å². The number of rotatable bonds is 4. The van der Waals surface area contributed by atoms with Gasteiger partial charge in [-0.05, 0) is 32.2 Å². The van der Waals surface area contributed by atoms with Gasteiger partial charge in [0.1, 0.15) is 0 Å². The van der Waals surface area contributed by atoms with Crippen LogP contribution in [-0.4, -0.2) is 56.5 Å². The third-order valence-corrected chi connectivity index (χ3v) is 6.70. The normalized spacial score (nSPS) is 35.6. The van der Waals surface area contributed by atoms with Crippen molar-refractivity contribution in [2.75, 3.05) is 31.1 Å². The molecule has 2 fully saturated rings. The van der Waals surface area contributed by atoms with Gasteiger partial charge in [-0.25, -0.2) is 8.42 Å². The van der Waals surface area contributed by atoms with Gasteiger partial charge in [-0.15, -0.1) is 0 Å². The number of nitrogens with one attached hydrogen (secondary N) is 1. The first-order chi connectivity index (χ1) is 9.52. The standard InChI is InChI=1S/C15H30N2O2S/c1-3-16-15-8-6-4-5-7-14(15)11-17-9-10-20(18,19)12-13(17)2/h13-16H,3-12H2,1-2H3. The molecule has 0 spiro atoms. The minimum atomic E-state index is -2.79. The maximum Gasteiger partial charge on any atom is 0.153 e. The van der Waals surface area contributed by atoms with Gasteiger partial charge in [0, 0.05) is 25.2 Å². The maximum absolute atomic E-state index is 11.7. The van der Waals surface area contributed by atoms with Gasteiger partial charge in [0.15, 0.2) is 9.84 Å². The Labute approximate surface area is 124 Å². The van der Waals surface area contributed by atoms with Crippen molar-refractivity contribution in [2.45, 2.75) is 58.0 Å². The van der Waals surface area contributed by atoms with E-state index >= 15 is 0 Å². The van der Waals surface area contributed by atoms with Crippen LogP contribution < -0.4 is 5.32 Å². The Balaban J connectivity index is 1.95. The summed E-state index contributed by atoms with van der Waals surface area (Å²) in [5.41, 5.74) is 0. The molecular weight excluding hydrogens is 272 g/mol. The second kappa shape index (κ2) is 7.23. The number of hydrogen-bond acceptors (Lipinski definition) is 4. The van der Waals surface area contributed by atoms with Crippen molar-refractivity contribution in [2.24, 2.45) is 5.92 Å². The van der Waals surface area contributed by atoms with E-state index in [1.807, 2.05) is 0 Å². The topological polar surface area (TPSA) is 49.4 Å². The van der Waals surface area contributed by atoms with E-state index in [2.05, 4.69) is 24.1 Å². The molecule has 0 amide bonds. The van der Waals surface area contributed by atoms with E-state index < -0.39 is 9.84 Å². The van der Waals surface area contributed by atoms with Crippen molar-refractivity contribution in [3.63, 3.8) is 0 Å². The van der Waals surface area contributed by atoms with Gasteiger partial charge in [0.2, 0.25) is 0 Å². The van der Waals surface area contributed by atoms with E-state index in [4.69, 9.17) is 0 Å². The highest BCUT2D eigenvalue weighted by atomic mass is 32.2. The number of sulfone groups is 1. The molecule has 20 heavy (non-hydrogen) atoms. The first-order valence-electron chi connectivity index (χ1n) is 8.19. The molecule has 1 heterocycles. The molecule has 0 aromatic heterocycles. The predicted molar refractivity (Wildman–Crippen MR) is 83.7 cm³/mol. The molecule has 5 heteroatoms. The van der Waals surface area contributed by atoms with Gasteiger partial charge in [-0.1, -0.05) is 26.2 Å². The summed E-state index contributed by atoms with van der Waals surface area (Å²) in [5.74, 6) is 1.36. The number of nitrogens with zero attached hydrogens (tertiary/aromatic N) is 1. The lowest BCUT2D eigenvalue weighted by molar-refractivity contribution is 0.165. The number of hydrogen-bond donors (Lipinski definition) is 1. The first-order valence-corrected chi connectivity index (χ1v) is 10.0. The largest absolute Gasteiger partial charge is 0.314 e. The molecule has 1 aliphatic heterocycles. The summed E-state index contributed by atoms with van der Waals surface area (Å²) in [5, 5.41) is 3.65. The fourth-order valence-corrected chi connectivity index (χ4v) is 5.36. The monoisotopic (exact) mass is 302 g/mol. The molecule has 118 valence electrons. The van der Waals surface area contributed by atoms with Crippen LogP contribution in [0.15, 0.2) is 0 Å². The molecule has 3 unspecified atom stereocenters. The summed E-state index contributed by atoms with van der Waals surface area (Å²) >= 11 is 0. The third kappa shape index (κ3) is 4.43. The van der Waals surface area contributed by atoms with Crippen LogP contribution in [0.25, 0.3) is 0 Å². The molecule has 0 bridgehead atoms. The molecular formula is C15H30N2O2S. The third-order valence-electron chi connectivity index (χ3n) is 4.90. The van der Waals surface area contributed by atoms with Crippen molar-refractivity contribution >= 4 is 9.84 Å². The smallest absolute Gasteiger partial charge is 0.153 e. The summed E-state index contributed by atoms with van der Waals surface area (Å²) in [6, 6.07) is 0.799. The molecule has 0 radical (unpaired) electrons. The van der Waals surface area contributed by atoms with Crippen LogP contribution in [0.3, 0.4) is 0 Å². The van der Waals surface area contributed by atoms with Crippen molar-refractivity contribution in [1.29, 1.82) is 0 Å². The fraction of sp³-hybridized carbons (Fsp3) is 1.00. The van der Waals surface area contributed by atoms with Crippen molar-refractivity contribution < 1.29 is 8.42 Å². The van der Waals surface area contributed by atoms with E-state index in [0.29, 0.717) is 23.5 Å². The van der Waals surface area contributed by atoms with E-state index in [-0.39, 0.29) is 6.04 Å². The first kappa shape index (κ1) is 16.2. The Hall–Kier alpha value is -0.130. The Morgan fingerprint density at radius 2 is 1.95 bits per heavy atom. The minimum Gasteiger partial charge on any atom is -0.314 e. The zero-order chi connectivity index (χ0) is 14.6. The van der Waals surface area contributed by atoms with Crippen molar-refractivity contribution in [3.8, 4) is 0 Å². The van der Waals surface area contributed by atoms with Crippen molar-refractivity contribution in [1.82, 2.24) is 10.2 Å². The summed E-state index contributed by atoms with van der Waals surface area (Å²) in [7, 11) is -2.79. The van der Waals surface area contributed by atoms with E-state index in [9.17, 15) is 8.42 Å². The molecule has 1 N–H and O–H groups in total. The molecule has 2 rings (SSSR count). The lowest BCUT2D eigenvalue weighted by Crippen LogP contribution is -2.51. The molecule has 3 atom stereocenters. The van der Waals surface area contributed by atoms with Gasteiger partial charge < -0.3 is 5.32 Å². The Morgan fingerprint density at radius 1 is 1.20 bits per heavy atom. The van der Waals surface area contributed by atoms with Crippen LogP contribution in [-0.2, 0) is 9.84 Å². The van der Waals surface area contributed by atoms with Crippen LogP contribution in [0.5, 0.6) is 0 Å². The maximum atomic E-state index is 11.7. The second-order valence-electron chi connectivity index (χ2n) is 6.52. The summed E-state index contributed by atoms with van der Waals surface area (Å²) in [6.07, 6.45) is 6.57. The van der Waals surface area contributed by atoms with E-state index in [1.54, 1.807) is 0 Å². The highest BCUT2D eigenvalue weighted by Crippen LogP contribution is 2.26. The van der Waals surface area contributed by atoms with Gasteiger partial charge in [0.05, 0.1) is 11.5 Å². The molecule has 0 aromatic carbocycles. The van der Waals surface area contributed by atoms with Crippen LogP contribution in [0.1, 0.15) is 46.0 Å². The van der Waals surface area contributed by atoms with E-state index in [1.165, 1.54) is 32.1 Å². The lowest BCUT2D eigenvalue weighted by atomic mass is 9.93. The van der Waals surface area contributed by atoms with Crippen LogP contribution in [0.2, 0.25) is 0 Å². The SMILES string of the molecule is CCNC1CCCCCC1CN1CCS(=O)(=O)CC1C. The average Bonchev–Trinajstić information content (AvgIpc) is 2.59. The average molecular weight is 302 g/mol. The van der Waals surface area contributed by atoms with Gasteiger partial charge in [-0.3, -0.25) is 4.90 Å². The molecule has 4 nitrogen and oxygen atoms in total. The van der Waals surface area contributed by atoms with Crippen LogP contribution >= 0.6 is 0 Å².